The van der Waals surface area contributed by atoms with Crippen LogP contribution in [-0.2, 0) is 9.59 Å². The summed E-state index contributed by atoms with van der Waals surface area (Å²) in [6.45, 7) is 1.44. The van der Waals surface area contributed by atoms with Crippen molar-refractivity contribution in [2.75, 3.05) is 11.9 Å². The highest BCUT2D eigenvalue weighted by atomic mass is 35.5. The Balaban J connectivity index is 2.05. The van der Waals surface area contributed by atoms with Crippen LogP contribution in [0.25, 0.3) is 0 Å². The lowest BCUT2D eigenvalue weighted by Gasteiger charge is -2.16. The first-order valence-electron chi connectivity index (χ1n) is 7.05. The summed E-state index contributed by atoms with van der Waals surface area (Å²) in [5.41, 5.74) is 1.87. The minimum Gasteiger partial charge on any atom is -0.394 e. The molecule has 0 aliphatic carbocycles. The molecule has 2 aromatic rings. The molecule has 0 saturated carbocycles. The zero-order valence-corrected chi connectivity index (χ0v) is 13.3. The van der Waals surface area contributed by atoms with Gasteiger partial charge in [-0.15, -0.1) is 0 Å². The number of carbonyl (C=O) groups excluding carboxylic acids is 2. The first kappa shape index (κ1) is 17.0. The third kappa shape index (κ3) is 4.31. The number of hydrogen-bond donors (Lipinski definition) is 3. The van der Waals surface area contributed by atoms with Gasteiger partial charge < -0.3 is 15.7 Å². The molecule has 0 aromatic heterocycles. The third-order valence-electron chi connectivity index (χ3n) is 3.41. The number of amides is 2. The maximum Gasteiger partial charge on any atom is 0.313 e. The minimum atomic E-state index is -0.827. The van der Waals surface area contributed by atoms with E-state index in [0.717, 1.165) is 5.56 Å². The first-order valence-corrected chi connectivity index (χ1v) is 7.43. The summed E-state index contributed by atoms with van der Waals surface area (Å²) in [6, 6.07) is 13.3. The normalized spacial score (nSPS) is 11.6. The Morgan fingerprint density at radius 3 is 2.43 bits per heavy atom. The maximum atomic E-state index is 12.0. The molecule has 0 aliphatic rings. The van der Waals surface area contributed by atoms with Crippen molar-refractivity contribution in [1.82, 2.24) is 5.32 Å². The van der Waals surface area contributed by atoms with Crippen LogP contribution in [0.1, 0.15) is 17.2 Å². The van der Waals surface area contributed by atoms with E-state index in [2.05, 4.69) is 10.6 Å². The van der Waals surface area contributed by atoms with E-state index in [1.165, 1.54) is 0 Å². The van der Waals surface area contributed by atoms with Gasteiger partial charge in [0.25, 0.3) is 0 Å². The molecule has 1 atom stereocenters. The van der Waals surface area contributed by atoms with E-state index in [4.69, 9.17) is 11.6 Å². The van der Waals surface area contributed by atoms with Gasteiger partial charge in [-0.2, -0.15) is 0 Å². The molecule has 0 heterocycles. The fourth-order valence-corrected chi connectivity index (χ4v) is 2.24. The van der Waals surface area contributed by atoms with Gasteiger partial charge in [0, 0.05) is 10.7 Å². The van der Waals surface area contributed by atoms with E-state index >= 15 is 0 Å². The minimum absolute atomic E-state index is 0.306. The van der Waals surface area contributed by atoms with Gasteiger partial charge >= 0.3 is 11.8 Å². The fraction of sp³-hybridized carbons (Fsp3) is 0.176. The van der Waals surface area contributed by atoms with Gasteiger partial charge in [-0.25, -0.2) is 0 Å². The molecule has 0 aliphatic heterocycles. The molecule has 5 nitrogen and oxygen atoms in total. The van der Waals surface area contributed by atoms with Crippen LogP contribution < -0.4 is 10.6 Å². The highest BCUT2D eigenvalue weighted by molar-refractivity contribution is 6.40. The molecule has 1 unspecified atom stereocenters. The second-order valence-electron chi connectivity index (χ2n) is 4.99. The van der Waals surface area contributed by atoms with E-state index in [1.807, 2.05) is 6.07 Å². The number of aliphatic hydroxyl groups excluding tert-OH is 1. The Morgan fingerprint density at radius 1 is 1.09 bits per heavy atom. The van der Waals surface area contributed by atoms with E-state index < -0.39 is 17.9 Å². The Morgan fingerprint density at radius 2 is 1.78 bits per heavy atom. The van der Waals surface area contributed by atoms with Gasteiger partial charge in [-0.1, -0.05) is 48.0 Å². The van der Waals surface area contributed by atoms with Crippen LogP contribution in [0.4, 0.5) is 5.69 Å². The molecule has 0 bridgehead atoms. The number of benzene rings is 2. The van der Waals surface area contributed by atoms with Crippen LogP contribution in [0.3, 0.4) is 0 Å². The lowest BCUT2D eigenvalue weighted by Crippen LogP contribution is -2.39. The second kappa shape index (κ2) is 7.76. The Bertz CT molecular complexity index is 704. The van der Waals surface area contributed by atoms with Crippen LogP contribution in [0.5, 0.6) is 0 Å². The van der Waals surface area contributed by atoms with E-state index in [-0.39, 0.29) is 6.61 Å². The fourth-order valence-electron chi connectivity index (χ4n) is 2.07. The quantitative estimate of drug-likeness (QED) is 0.752. The molecule has 3 N–H and O–H groups in total. The summed E-state index contributed by atoms with van der Waals surface area (Å²) >= 11 is 5.98. The van der Waals surface area contributed by atoms with Gasteiger partial charge in [-0.05, 0) is 30.2 Å². The van der Waals surface area contributed by atoms with E-state index in [0.29, 0.717) is 16.3 Å². The van der Waals surface area contributed by atoms with Gasteiger partial charge in [0.05, 0.1) is 12.6 Å². The number of nitrogens with one attached hydrogen (secondary N) is 2. The average molecular weight is 333 g/mol. The summed E-state index contributed by atoms with van der Waals surface area (Å²) < 4.78 is 0. The zero-order valence-electron chi connectivity index (χ0n) is 12.5. The van der Waals surface area contributed by atoms with Crippen molar-refractivity contribution in [3.05, 3.63) is 64.7 Å². The second-order valence-corrected chi connectivity index (χ2v) is 5.39. The third-order valence-corrected chi connectivity index (χ3v) is 3.82. The van der Waals surface area contributed by atoms with Gasteiger partial charge in [0.2, 0.25) is 0 Å². The lowest BCUT2D eigenvalue weighted by atomic mass is 10.1. The number of carbonyl (C=O) groups is 2. The van der Waals surface area contributed by atoms with Crippen LogP contribution in [0.15, 0.2) is 48.5 Å². The molecule has 0 radical (unpaired) electrons. The van der Waals surface area contributed by atoms with Crippen molar-refractivity contribution in [1.29, 1.82) is 0 Å². The zero-order chi connectivity index (χ0) is 16.8. The standard InChI is InChI=1S/C17H17ClN2O3/c1-11-13(18)8-5-9-14(11)19-16(22)17(23)20-15(10-21)12-6-3-2-4-7-12/h2-9,15,21H,10H2,1H3,(H,19,22)(H,20,23). The monoisotopic (exact) mass is 332 g/mol. The number of rotatable bonds is 4. The summed E-state index contributed by atoms with van der Waals surface area (Å²) in [5, 5.41) is 14.9. The lowest BCUT2D eigenvalue weighted by molar-refractivity contribution is -0.136. The molecule has 120 valence electrons. The number of halogens is 1. The Hall–Kier alpha value is -2.37. The summed E-state index contributed by atoms with van der Waals surface area (Å²) in [7, 11) is 0. The molecule has 2 rings (SSSR count). The molecule has 6 heteroatoms. The molecule has 0 spiro atoms. The van der Waals surface area contributed by atoms with Crippen molar-refractivity contribution >= 4 is 29.1 Å². The molecular formula is C17H17ClN2O3. The highest BCUT2D eigenvalue weighted by Crippen LogP contribution is 2.22. The Labute approximate surface area is 139 Å². The number of anilines is 1. The summed E-state index contributed by atoms with van der Waals surface area (Å²) in [6.07, 6.45) is 0. The molecule has 0 fully saturated rings. The topological polar surface area (TPSA) is 78.4 Å². The molecule has 23 heavy (non-hydrogen) atoms. The predicted molar refractivity (Wildman–Crippen MR) is 89.2 cm³/mol. The smallest absolute Gasteiger partial charge is 0.313 e. The molecule has 0 saturated heterocycles. The van der Waals surface area contributed by atoms with Crippen molar-refractivity contribution < 1.29 is 14.7 Å². The van der Waals surface area contributed by atoms with Crippen LogP contribution >= 0.6 is 11.6 Å². The van der Waals surface area contributed by atoms with Crippen molar-refractivity contribution in [3.8, 4) is 0 Å². The average Bonchev–Trinajstić information content (AvgIpc) is 2.57. The van der Waals surface area contributed by atoms with Crippen molar-refractivity contribution in [3.63, 3.8) is 0 Å². The molecular weight excluding hydrogens is 316 g/mol. The van der Waals surface area contributed by atoms with Crippen LogP contribution in [0, 0.1) is 6.92 Å². The van der Waals surface area contributed by atoms with Crippen LogP contribution in [0.2, 0.25) is 5.02 Å². The highest BCUT2D eigenvalue weighted by Gasteiger charge is 2.20. The van der Waals surface area contributed by atoms with Crippen molar-refractivity contribution in [2.24, 2.45) is 0 Å². The predicted octanol–water partition coefficient (Wildman–Crippen LogP) is 2.44. The number of aliphatic hydroxyl groups is 1. The number of hydrogen-bond acceptors (Lipinski definition) is 3. The summed E-state index contributed by atoms with van der Waals surface area (Å²) in [5.74, 6) is -1.64. The van der Waals surface area contributed by atoms with Gasteiger partial charge in [0.1, 0.15) is 0 Å². The molecule has 2 amide bonds. The summed E-state index contributed by atoms with van der Waals surface area (Å²) in [4.78, 5) is 24.0. The first-order chi connectivity index (χ1) is 11.0. The molecule has 2 aromatic carbocycles. The SMILES string of the molecule is Cc1c(Cl)cccc1NC(=O)C(=O)NC(CO)c1ccccc1. The Kier molecular flexibility index (Phi) is 5.73. The maximum absolute atomic E-state index is 12.0. The largest absolute Gasteiger partial charge is 0.394 e. The van der Waals surface area contributed by atoms with Crippen molar-refractivity contribution in [2.45, 2.75) is 13.0 Å². The van der Waals surface area contributed by atoms with Gasteiger partial charge in [-0.3, -0.25) is 9.59 Å². The van der Waals surface area contributed by atoms with E-state index in [1.54, 1.807) is 49.4 Å². The van der Waals surface area contributed by atoms with Crippen LogP contribution in [-0.4, -0.2) is 23.5 Å². The van der Waals surface area contributed by atoms with Gasteiger partial charge in [0.15, 0.2) is 0 Å². The van der Waals surface area contributed by atoms with E-state index in [9.17, 15) is 14.7 Å².